The number of carbonyl (C=O) groups is 1. The number of phenols is 1. The molecule has 0 fully saturated rings. The lowest BCUT2D eigenvalue weighted by Gasteiger charge is -2.33. The van der Waals surface area contributed by atoms with Gasteiger partial charge < -0.3 is 19.7 Å². The molecule has 1 aliphatic carbocycles. The second-order valence-electron chi connectivity index (χ2n) is 8.36. The van der Waals surface area contributed by atoms with E-state index in [4.69, 9.17) is 9.47 Å². The van der Waals surface area contributed by atoms with Crippen LogP contribution in [0.4, 0.5) is 0 Å². The van der Waals surface area contributed by atoms with E-state index in [1.165, 1.54) is 19.3 Å². The Kier molecular flexibility index (Phi) is 8.72. The van der Waals surface area contributed by atoms with Crippen molar-refractivity contribution in [3.8, 4) is 11.5 Å². The maximum Gasteiger partial charge on any atom is 0.331 e. The highest BCUT2D eigenvalue weighted by molar-refractivity contribution is 5.87. The van der Waals surface area contributed by atoms with Crippen molar-refractivity contribution < 1.29 is 24.5 Å². The molecule has 2 N–H and O–H groups in total. The largest absolute Gasteiger partial charge is 0.504 e. The predicted molar refractivity (Wildman–Crippen MR) is 119 cm³/mol. The van der Waals surface area contributed by atoms with E-state index >= 15 is 0 Å². The van der Waals surface area contributed by atoms with Crippen LogP contribution in [0.5, 0.6) is 11.5 Å². The number of hydrogen-bond acceptors (Lipinski definition) is 5. The molecule has 0 unspecified atom stereocenters. The minimum Gasteiger partial charge on any atom is -0.504 e. The molecule has 5 heteroatoms. The smallest absolute Gasteiger partial charge is 0.331 e. The molecule has 0 amide bonds. The zero-order valence-electron chi connectivity index (χ0n) is 18.6. The van der Waals surface area contributed by atoms with Crippen molar-refractivity contribution in [2.75, 3.05) is 7.11 Å². The second-order valence-corrected chi connectivity index (χ2v) is 8.36. The number of phenolic OH excluding ortho intramolecular Hbond substituents is 1. The van der Waals surface area contributed by atoms with Crippen molar-refractivity contribution in [2.45, 2.75) is 59.2 Å². The van der Waals surface area contributed by atoms with Crippen LogP contribution in [0.2, 0.25) is 0 Å². The fourth-order valence-electron chi connectivity index (χ4n) is 3.88. The Morgan fingerprint density at radius 2 is 1.97 bits per heavy atom. The van der Waals surface area contributed by atoms with Crippen LogP contribution in [0.1, 0.15) is 52.5 Å². The number of carbonyl (C=O) groups excluding carboxylic acids is 1. The number of rotatable bonds is 5. The third kappa shape index (κ3) is 6.77. The Labute approximate surface area is 179 Å². The number of allylic oxidation sites excluding steroid dienone is 2. The van der Waals surface area contributed by atoms with Gasteiger partial charge in [0, 0.05) is 18.4 Å². The highest BCUT2D eigenvalue weighted by atomic mass is 16.5. The van der Waals surface area contributed by atoms with Gasteiger partial charge in [0.25, 0.3) is 0 Å². The van der Waals surface area contributed by atoms with Crippen LogP contribution in [0.3, 0.4) is 0 Å². The molecular formula is C25H34O5. The lowest BCUT2D eigenvalue weighted by molar-refractivity contribution is -0.148. The fraction of sp³-hybridized carbons (Fsp3) is 0.480. The SMILES string of the molecule is COc1cc(/C=C/C(=O)O[C@H]2C/C(C)=C/CC/C(C)=C/[C@H](O)[C@@H]2C(C)C)ccc1O. The first-order valence-electron chi connectivity index (χ1n) is 10.5. The van der Waals surface area contributed by atoms with Gasteiger partial charge in [-0.05, 0) is 56.4 Å². The van der Waals surface area contributed by atoms with E-state index in [1.54, 1.807) is 18.2 Å². The number of ether oxygens (including phenoxy) is 2. The third-order valence-corrected chi connectivity index (χ3v) is 5.49. The molecule has 1 aromatic carbocycles. The van der Waals surface area contributed by atoms with Gasteiger partial charge in [-0.3, -0.25) is 0 Å². The normalized spacial score (nSPS) is 26.6. The van der Waals surface area contributed by atoms with Crippen molar-refractivity contribution in [2.24, 2.45) is 11.8 Å². The van der Waals surface area contributed by atoms with Gasteiger partial charge in [0.1, 0.15) is 6.10 Å². The second kappa shape index (κ2) is 11.0. The van der Waals surface area contributed by atoms with Gasteiger partial charge in [-0.25, -0.2) is 4.79 Å². The standard InChI is InChI=1S/C25H34O5/c1-16(2)25-21(27)13-17(3)7-6-8-18(4)14-23(25)30-24(28)12-10-19-9-11-20(26)22(15-19)29-5/h8-13,15-16,21,23,25-27H,6-7,14H2,1-5H3/b12-10+,17-13+,18-8+/t21-,23-,25-/m0/s1. The number of aromatic hydroxyl groups is 1. The molecule has 0 heterocycles. The number of aliphatic hydroxyl groups is 1. The molecule has 0 bridgehead atoms. The molecule has 1 aromatic rings. The van der Waals surface area contributed by atoms with Crippen molar-refractivity contribution >= 4 is 12.0 Å². The van der Waals surface area contributed by atoms with Gasteiger partial charge in [-0.1, -0.05) is 43.2 Å². The summed E-state index contributed by atoms with van der Waals surface area (Å²) >= 11 is 0. The summed E-state index contributed by atoms with van der Waals surface area (Å²) in [5.41, 5.74) is 3.01. The summed E-state index contributed by atoms with van der Waals surface area (Å²) in [6.45, 7) is 8.16. The highest BCUT2D eigenvalue weighted by Gasteiger charge is 2.33. The van der Waals surface area contributed by atoms with E-state index in [1.807, 2.05) is 33.8 Å². The van der Waals surface area contributed by atoms with Crippen LogP contribution in [0.15, 0.2) is 47.6 Å². The van der Waals surface area contributed by atoms with Gasteiger partial charge >= 0.3 is 5.97 Å². The summed E-state index contributed by atoms with van der Waals surface area (Å²) in [5.74, 6) is -0.149. The number of benzene rings is 1. The van der Waals surface area contributed by atoms with Crippen LogP contribution in [-0.4, -0.2) is 35.5 Å². The molecule has 2 rings (SSSR count). The average Bonchev–Trinajstić information content (AvgIpc) is 2.66. The number of esters is 1. The van der Waals surface area contributed by atoms with Crippen LogP contribution < -0.4 is 4.74 Å². The minimum atomic E-state index is -0.668. The molecule has 164 valence electrons. The van der Waals surface area contributed by atoms with Gasteiger partial charge in [0.05, 0.1) is 13.2 Å². The van der Waals surface area contributed by atoms with Crippen molar-refractivity contribution in [1.29, 1.82) is 0 Å². The molecule has 0 saturated heterocycles. The Morgan fingerprint density at radius 1 is 1.23 bits per heavy atom. The summed E-state index contributed by atoms with van der Waals surface area (Å²) in [6.07, 6.45) is 8.42. The van der Waals surface area contributed by atoms with Gasteiger partial charge in [-0.2, -0.15) is 0 Å². The molecule has 0 aromatic heterocycles. The monoisotopic (exact) mass is 414 g/mol. The molecular weight excluding hydrogens is 380 g/mol. The van der Waals surface area contributed by atoms with Crippen LogP contribution >= 0.6 is 0 Å². The Hall–Kier alpha value is -2.53. The van der Waals surface area contributed by atoms with E-state index in [9.17, 15) is 15.0 Å². The van der Waals surface area contributed by atoms with Gasteiger partial charge in [0.2, 0.25) is 0 Å². The first-order chi connectivity index (χ1) is 14.2. The third-order valence-electron chi connectivity index (χ3n) is 5.49. The summed E-state index contributed by atoms with van der Waals surface area (Å²) in [5, 5.41) is 20.5. The predicted octanol–water partition coefficient (Wildman–Crippen LogP) is 5.04. The first kappa shape index (κ1) is 23.7. The lowest BCUT2D eigenvalue weighted by Crippen LogP contribution is -2.38. The van der Waals surface area contributed by atoms with Crippen LogP contribution in [-0.2, 0) is 9.53 Å². The van der Waals surface area contributed by atoms with E-state index in [-0.39, 0.29) is 17.6 Å². The van der Waals surface area contributed by atoms with E-state index in [0.717, 1.165) is 24.0 Å². The quantitative estimate of drug-likeness (QED) is 0.401. The van der Waals surface area contributed by atoms with E-state index in [2.05, 4.69) is 6.08 Å². The molecule has 0 aliphatic heterocycles. The Morgan fingerprint density at radius 3 is 2.63 bits per heavy atom. The van der Waals surface area contributed by atoms with Crippen molar-refractivity contribution in [3.05, 3.63) is 53.1 Å². The minimum absolute atomic E-state index is 0.0399. The zero-order valence-corrected chi connectivity index (χ0v) is 18.6. The topological polar surface area (TPSA) is 76.0 Å². The van der Waals surface area contributed by atoms with Crippen LogP contribution in [0.25, 0.3) is 6.08 Å². The zero-order chi connectivity index (χ0) is 22.3. The van der Waals surface area contributed by atoms with Gasteiger partial charge in [-0.15, -0.1) is 0 Å². The summed E-state index contributed by atoms with van der Waals surface area (Å²) < 4.78 is 10.9. The van der Waals surface area contributed by atoms with E-state index < -0.39 is 18.2 Å². The maximum atomic E-state index is 12.6. The molecule has 0 saturated carbocycles. The Bertz CT molecular complexity index is 819. The summed E-state index contributed by atoms with van der Waals surface area (Å²) in [6, 6.07) is 4.84. The molecule has 5 nitrogen and oxygen atoms in total. The van der Waals surface area contributed by atoms with E-state index in [0.29, 0.717) is 17.7 Å². The number of methoxy groups -OCH3 is 1. The van der Waals surface area contributed by atoms with Gasteiger partial charge in [0.15, 0.2) is 11.5 Å². The first-order valence-corrected chi connectivity index (χ1v) is 10.5. The van der Waals surface area contributed by atoms with Crippen molar-refractivity contribution in [3.63, 3.8) is 0 Å². The van der Waals surface area contributed by atoms with Crippen LogP contribution in [0, 0.1) is 11.8 Å². The molecule has 0 spiro atoms. The molecule has 1 aliphatic rings. The van der Waals surface area contributed by atoms with Crippen molar-refractivity contribution in [1.82, 2.24) is 0 Å². The Balaban J connectivity index is 2.22. The maximum absolute atomic E-state index is 12.6. The number of aliphatic hydroxyl groups excluding tert-OH is 1. The lowest BCUT2D eigenvalue weighted by atomic mass is 9.81. The molecule has 3 atom stereocenters. The molecule has 30 heavy (non-hydrogen) atoms. The fourth-order valence-corrected chi connectivity index (χ4v) is 3.88. The summed E-state index contributed by atoms with van der Waals surface area (Å²) in [7, 11) is 1.47. The molecule has 0 radical (unpaired) electrons. The average molecular weight is 415 g/mol. The number of hydrogen-bond donors (Lipinski definition) is 2. The summed E-state index contributed by atoms with van der Waals surface area (Å²) in [4.78, 5) is 12.6. The highest BCUT2D eigenvalue weighted by Crippen LogP contribution is 2.30.